The van der Waals surface area contributed by atoms with Crippen LogP contribution in [0.1, 0.15) is 24.4 Å². The number of hydrogen-bond acceptors (Lipinski definition) is 4. The average molecular weight is 352 g/mol. The molecule has 7 nitrogen and oxygen atoms in total. The molecular weight excluding hydrogens is 328 g/mol. The minimum atomic E-state index is 0.109. The van der Waals surface area contributed by atoms with E-state index >= 15 is 0 Å². The molecule has 1 amide bonds. The van der Waals surface area contributed by atoms with Gasteiger partial charge in [0.2, 0.25) is 5.91 Å². The number of nitrogens with one attached hydrogen (secondary N) is 1. The Morgan fingerprint density at radius 2 is 2.08 bits per heavy atom. The van der Waals surface area contributed by atoms with Crippen molar-refractivity contribution < 1.29 is 4.79 Å². The Morgan fingerprint density at radius 1 is 1.27 bits per heavy atom. The van der Waals surface area contributed by atoms with Crippen LogP contribution in [0.3, 0.4) is 0 Å². The monoisotopic (exact) mass is 352 g/mol. The van der Waals surface area contributed by atoms with Crippen molar-refractivity contribution in [2.45, 2.75) is 25.4 Å². The lowest BCUT2D eigenvalue weighted by Crippen LogP contribution is -2.36. The highest BCUT2D eigenvalue weighted by atomic mass is 16.2. The van der Waals surface area contributed by atoms with E-state index in [1.807, 2.05) is 54.3 Å². The van der Waals surface area contributed by atoms with Crippen molar-refractivity contribution in [3.8, 4) is 0 Å². The summed E-state index contributed by atoms with van der Waals surface area (Å²) >= 11 is 0. The predicted octanol–water partition coefficient (Wildman–Crippen LogP) is 1.41. The molecule has 0 unspecified atom stereocenters. The number of likely N-dealkylation sites (tertiary alicyclic amines) is 1. The Kier molecular flexibility index (Phi) is 4.24. The maximum atomic E-state index is 11.9. The molecule has 1 aliphatic rings. The fourth-order valence-corrected chi connectivity index (χ4v) is 3.77. The van der Waals surface area contributed by atoms with Crippen LogP contribution < -0.4 is 5.32 Å². The fourth-order valence-electron chi connectivity index (χ4n) is 3.77. The van der Waals surface area contributed by atoms with Crippen LogP contribution in [-0.4, -0.2) is 49.0 Å². The molecule has 0 radical (unpaired) electrons. The van der Waals surface area contributed by atoms with Gasteiger partial charge in [-0.25, -0.2) is 9.97 Å². The number of fused-ring (bicyclic) bond motifs is 1. The first-order valence-electron chi connectivity index (χ1n) is 8.90. The summed E-state index contributed by atoms with van der Waals surface area (Å²) < 4.78 is 4.07. The van der Waals surface area contributed by atoms with Crippen LogP contribution in [0.4, 0.5) is 0 Å². The zero-order chi connectivity index (χ0) is 18.3. The molecule has 0 spiro atoms. The lowest BCUT2D eigenvalue weighted by molar-refractivity contribution is -0.127. The number of aromatic nitrogens is 4. The van der Waals surface area contributed by atoms with Gasteiger partial charge in [-0.2, -0.15) is 0 Å². The number of rotatable bonds is 4. The van der Waals surface area contributed by atoms with Crippen LogP contribution in [0.15, 0.2) is 36.8 Å². The van der Waals surface area contributed by atoms with Gasteiger partial charge in [-0.3, -0.25) is 4.79 Å². The minimum absolute atomic E-state index is 0.109. The van der Waals surface area contributed by atoms with E-state index in [9.17, 15) is 4.79 Å². The molecule has 136 valence electrons. The van der Waals surface area contributed by atoms with Gasteiger partial charge in [0.05, 0.1) is 29.6 Å². The molecule has 2 aromatic heterocycles. The molecule has 0 aliphatic carbocycles. The number of aryl methyl sites for hydroxylation is 2. The van der Waals surface area contributed by atoms with Crippen LogP contribution in [0.2, 0.25) is 0 Å². The number of imidazole rings is 2. The molecule has 3 heterocycles. The molecule has 0 saturated carbocycles. The van der Waals surface area contributed by atoms with E-state index in [2.05, 4.69) is 20.9 Å². The Hall–Kier alpha value is -2.67. The maximum absolute atomic E-state index is 11.9. The van der Waals surface area contributed by atoms with Crippen molar-refractivity contribution in [2.75, 3.05) is 13.1 Å². The number of amides is 1. The Morgan fingerprint density at radius 3 is 2.77 bits per heavy atom. The van der Waals surface area contributed by atoms with Gasteiger partial charge in [-0.15, -0.1) is 0 Å². The van der Waals surface area contributed by atoms with Gasteiger partial charge in [0.15, 0.2) is 0 Å². The Labute approximate surface area is 152 Å². The zero-order valence-electron chi connectivity index (χ0n) is 15.4. The van der Waals surface area contributed by atoms with Crippen molar-refractivity contribution in [1.82, 2.24) is 29.3 Å². The van der Waals surface area contributed by atoms with Gasteiger partial charge >= 0.3 is 0 Å². The first kappa shape index (κ1) is 16.8. The van der Waals surface area contributed by atoms with E-state index in [0.717, 1.165) is 22.6 Å². The average Bonchev–Trinajstić information content (AvgIpc) is 3.31. The van der Waals surface area contributed by atoms with E-state index < -0.39 is 0 Å². The van der Waals surface area contributed by atoms with E-state index in [1.54, 1.807) is 6.92 Å². The molecule has 4 rings (SSSR count). The molecule has 3 aromatic rings. The third-order valence-electron chi connectivity index (χ3n) is 5.27. The summed E-state index contributed by atoms with van der Waals surface area (Å²) in [6.45, 7) is 3.68. The second kappa shape index (κ2) is 6.57. The maximum Gasteiger partial charge on any atom is 0.219 e. The molecule has 26 heavy (non-hydrogen) atoms. The summed E-state index contributed by atoms with van der Waals surface area (Å²) in [4.78, 5) is 23.0. The number of hydrogen-bond donors (Lipinski definition) is 1. The fraction of sp³-hybridized carbons (Fsp3) is 0.421. The number of para-hydroxylation sites is 2. The molecule has 1 aliphatic heterocycles. The van der Waals surface area contributed by atoms with E-state index in [1.165, 1.54) is 0 Å². The molecule has 1 N–H and O–H groups in total. The summed E-state index contributed by atoms with van der Waals surface area (Å²) in [7, 11) is 4.01. The highest BCUT2D eigenvalue weighted by molar-refractivity contribution is 5.75. The van der Waals surface area contributed by atoms with Crippen molar-refractivity contribution in [2.24, 2.45) is 14.1 Å². The van der Waals surface area contributed by atoms with E-state index in [0.29, 0.717) is 19.6 Å². The molecular formula is C19H24N6O. The smallest absolute Gasteiger partial charge is 0.219 e. The summed E-state index contributed by atoms with van der Waals surface area (Å²) in [5, 5.41) is 3.62. The standard InChI is InChI=1S/C19H24N6O/c1-13(26)25-9-14(16-10-23(2)12-21-16)17(11-25)20-8-19-22-15-6-4-5-7-18(15)24(19)3/h4-7,10,12,14,17,20H,8-9,11H2,1-3H3/t14-,17+/m0/s1. The molecule has 2 atom stereocenters. The van der Waals surface area contributed by atoms with Gasteiger partial charge in [-0.1, -0.05) is 12.1 Å². The van der Waals surface area contributed by atoms with Crippen LogP contribution in [-0.2, 0) is 25.4 Å². The van der Waals surface area contributed by atoms with Crippen molar-refractivity contribution in [3.63, 3.8) is 0 Å². The second-order valence-corrected chi connectivity index (χ2v) is 7.06. The van der Waals surface area contributed by atoms with Crippen LogP contribution in [0.25, 0.3) is 11.0 Å². The Balaban J connectivity index is 1.54. The number of carbonyl (C=O) groups excluding carboxylic acids is 1. The third kappa shape index (κ3) is 2.99. The second-order valence-electron chi connectivity index (χ2n) is 7.06. The van der Waals surface area contributed by atoms with Crippen LogP contribution >= 0.6 is 0 Å². The van der Waals surface area contributed by atoms with E-state index in [4.69, 9.17) is 4.98 Å². The van der Waals surface area contributed by atoms with Gasteiger partial charge in [0.1, 0.15) is 5.82 Å². The van der Waals surface area contributed by atoms with Gasteiger partial charge in [0.25, 0.3) is 0 Å². The third-order valence-corrected chi connectivity index (χ3v) is 5.27. The lowest BCUT2D eigenvalue weighted by Gasteiger charge is -2.18. The topological polar surface area (TPSA) is 68.0 Å². The first-order valence-corrected chi connectivity index (χ1v) is 8.90. The van der Waals surface area contributed by atoms with Crippen molar-refractivity contribution in [1.29, 1.82) is 0 Å². The largest absolute Gasteiger partial charge is 0.341 e. The predicted molar refractivity (Wildman–Crippen MR) is 99.5 cm³/mol. The van der Waals surface area contributed by atoms with Gasteiger partial charge < -0.3 is 19.4 Å². The van der Waals surface area contributed by atoms with Crippen molar-refractivity contribution >= 4 is 16.9 Å². The van der Waals surface area contributed by atoms with Crippen molar-refractivity contribution in [3.05, 3.63) is 48.3 Å². The summed E-state index contributed by atoms with van der Waals surface area (Å²) in [6, 6.07) is 8.30. The SMILES string of the molecule is CC(=O)N1C[C@@H](NCc2nc3ccccc3n2C)[C@H](c2cn(C)cn2)C1. The number of benzene rings is 1. The first-order chi connectivity index (χ1) is 12.5. The normalized spacial score (nSPS) is 20.2. The summed E-state index contributed by atoms with van der Waals surface area (Å²) in [5.74, 6) is 1.29. The number of carbonyl (C=O) groups is 1. The van der Waals surface area contributed by atoms with E-state index in [-0.39, 0.29) is 17.9 Å². The highest BCUT2D eigenvalue weighted by Crippen LogP contribution is 2.27. The molecule has 1 saturated heterocycles. The minimum Gasteiger partial charge on any atom is -0.341 e. The van der Waals surface area contributed by atoms with Crippen LogP contribution in [0, 0.1) is 0 Å². The molecule has 1 aromatic carbocycles. The number of nitrogens with zero attached hydrogens (tertiary/aromatic N) is 5. The zero-order valence-corrected chi connectivity index (χ0v) is 15.4. The van der Waals surface area contributed by atoms with Crippen LogP contribution in [0.5, 0.6) is 0 Å². The quantitative estimate of drug-likeness (QED) is 0.771. The summed E-state index contributed by atoms with van der Waals surface area (Å²) in [5.41, 5.74) is 3.16. The van der Waals surface area contributed by atoms with Gasteiger partial charge in [0, 0.05) is 52.3 Å². The molecule has 0 bridgehead atoms. The Bertz CT molecular complexity index is 943. The van der Waals surface area contributed by atoms with Gasteiger partial charge in [-0.05, 0) is 12.1 Å². The summed E-state index contributed by atoms with van der Waals surface area (Å²) in [6.07, 6.45) is 3.85. The molecule has 1 fully saturated rings. The molecule has 7 heteroatoms. The lowest BCUT2D eigenvalue weighted by atomic mass is 10.0. The highest BCUT2D eigenvalue weighted by Gasteiger charge is 2.36.